The summed E-state index contributed by atoms with van der Waals surface area (Å²) in [5.41, 5.74) is 0. The minimum Gasteiger partial charge on any atom is -0.385 e. The van der Waals surface area contributed by atoms with Gasteiger partial charge in [-0.1, -0.05) is 0 Å². The molecule has 17 heavy (non-hydrogen) atoms. The van der Waals surface area contributed by atoms with Gasteiger partial charge in [0.2, 0.25) is 0 Å². The second-order valence-corrected chi connectivity index (χ2v) is 6.08. The highest BCUT2D eigenvalue weighted by molar-refractivity contribution is 7.87. The minimum absolute atomic E-state index is 0.0608. The Balaban J connectivity index is 2.45. The van der Waals surface area contributed by atoms with E-state index < -0.39 is 10.2 Å². The average molecular weight is 266 g/mol. The predicted molar refractivity (Wildman–Crippen MR) is 65.0 cm³/mol. The Morgan fingerprint density at radius 3 is 2.47 bits per heavy atom. The average Bonchev–Trinajstić information content (AvgIpc) is 2.23. The van der Waals surface area contributed by atoms with Gasteiger partial charge in [-0.05, 0) is 20.3 Å². The number of hydrogen-bond acceptors (Lipinski definition) is 4. The van der Waals surface area contributed by atoms with Gasteiger partial charge in [0.1, 0.15) is 0 Å². The zero-order valence-corrected chi connectivity index (χ0v) is 11.5. The standard InChI is InChI=1S/C10H22N2O4S/c1-9-7-12(8-10(2)16-9)17(13,14)11-5-4-6-15-3/h9-11H,4-8H2,1-3H3. The molecule has 0 spiro atoms. The molecule has 2 atom stereocenters. The van der Waals surface area contributed by atoms with Crippen molar-refractivity contribution in [3.63, 3.8) is 0 Å². The first-order valence-electron chi connectivity index (χ1n) is 5.85. The summed E-state index contributed by atoms with van der Waals surface area (Å²) in [4.78, 5) is 0. The molecular weight excluding hydrogens is 244 g/mol. The SMILES string of the molecule is COCCCNS(=O)(=O)N1CC(C)OC(C)C1. The topological polar surface area (TPSA) is 67.9 Å². The molecule has 7 heteroatoms. The van der Waals surface area contributed by atoms with Crippen LogP contribution in [0.15, 0.2) is 0 Å². The lowest BCUT2D eigenvalue weighted by atomic mass is 10.3. The van der Waals surface area contributed by atoms with Gasteiger partial charge in [0, 0.05) is 33.4 Å². The third-order valence-electron chi connectivity index (χ3n) is 2.54. The molecule has 1 aliphatic heterocycles. The third-order valence-corrected chi connectivity index (χ3v) is 4.08. The van der Waals surface area contributed by atoms with E-state index in [-0.39, 0.29) is 12.2 Å². The van der Waals surface area contributed by atoms with Gasteiger partial charge in [-0.2, -0.15) is 12.7 Å². The lowest BCUT2D eigenvalue weighted by Crippen LogP contribution is -2.52. The molecule has 0 aromatic heterocycles. The Labute approximate surface area is 103 Å². The van der Waals surface area contributed by atoms with Crippen LogP contribution in [0.1, 0.15) is 20.3 Å². The minimum atomic E-state index is -3.38. The molecule has 1 N–H and O–H groups in total. The summed E-state index contributed by atoms with van der Waals surface area (Å²) in [6, 6.07) is 0. The molecule has 2 unspecified atom stereocenters. The smallest absolute Gasteiger partial charge is 0.279 e. The predicted octanol–water partition coefficient (Wildman–Crippen LogP) is -0.0335. The van der Waals surface area contributed by atoms with E-state index in [9.17, 15) is 8.42 Å². The Morgan fingerprint density at radius 2 is 1.94 bits per heavy atom. The van der Waals surface area contributed by atoms with Crippen molar-refractivity contribution >= 4 is 10.2 Å². The van der Waals surface area contributed by atoms with Crippen LogP contribution in [0.2, 0.25) is 0 Å². The monoisotopic (exact) mass is 266 g/mol. The van der Waals surface area contributed by atoms with Crippen molar-refractivity contribution in [1.82, 2.24) is 9.03 Å². The lowest BCUT2D eigenvalue weighted by Gasteiger charge is -2.34. The summed E-state index contributed by atoms with van der Waals surface area (Å²) in [6.07, 6.45) is 0.550. The van der Waals surface area contributed by atoms with Crippen LogP contribution in [-0.4, -0.2) is 58.3 Å². The van der Waals surface area contributed by atoms with Crippen LogP contribution >= 0.6 is 0 Å². The number of nitrogens with one attached hydrogen (secondary N) is 1. The molecule has 1 fully saturated rings. The second kappa shape index (κ2) is 6.65. The fourth-order valence-corrected chi connectivity index (χ4v) is 3.23. The normalized spacial score (nSPS) is 27.2. The van der Waals surface area contributed by atoms with E-state index in [4.69, 9.17) is 9.47 Å². The third kappa shape index (κ3) is 4.89. The van der Waals surface area contributed by atoms with E-state index in [1.165, 1.54) is 4.31 Å². The van der Waals surface area contributed by atoms with Crippen molar-refractivity contribution in [2.45, 2.75) is 32.5 Å². The van der Waals surface area contributed by atoms with E-state index in [0.717, 1.165) is 0 Å². The Morgan fingerprint density at radius 1 is 1.35 bits per heavy atom. The highest BCUT2D eigenvalue weighted by Crippen LogP contribution is 2.13. The zero-order valence-electron chi connectivity index (χ0n) is 10.7. The summed E-state index contributed by atoms with van der Waals surface area (Å²) in [5, 5.41) is 0. The number of ether oxygens (including phenoxy) is 2. The van der Waals surface area contributed by atoms with Gasteiger partial charge in [-0.15, -0.1) is 0 Å². The number of morpholine rings is 1. The Hall–Kier alpha value is -0.210. The largest absolute Gasteiger partial charge is 0.385 e. The molecule has 1 rings (SSSR count). The van der Waals surface area contributed by atoms with Gasteiger partial charge in [0.15, 0.2) is 0 Å². The first-order chi connectivity index (χ1) is 7.95. The summed E-state index contributed by atoms with van der Waals surface area (Å²) >= 11 is 0. The first kappa shape index (κ1) is 14.8. The Bertz CT molecular complexity index is 310. The van der Waals surface area contributed by atoms with Gasteiger partial charge in [0.05, 0.1) is 12.2 Å². The van der Waals surface area contributed by atoms with Gasteiger partial charge >= 0.3 is 0 Å². The molecule has 0 saturated carbocycles. The summed E-state index contributed by atoms with van der Waals surface area (Å²) in [6.45, 7) is 5.52. The number of nitrogens with zero attached hydrogens (tertiary/aromatic N) is 1. The maximum atomic E-state index is 12.0. The molecule has 1 heterocycles. The molecule has 0 bridgehead atoms. The molecule has 0 amide bonds. The van der Waals surface area contributed by atoms with E-state index in [0.29, 0.717) is 32.7 Å². The van der Waals surface area contributed by atoms with Crippen molar-refractivity contribution in [3.8, 4) is 0 Å². The van der Waals surface area contributed by atoms with Crippen LogP contribution in [0.4, 0.5) is 0 Å². The van der Waals surface area contributed by atoms with Gasteiger partial charge in [0.25, 0.3) is 10.2 Å². The van der Waals surface area contributed by atoms with Gasteiger partial charge in [-0.3, -0.25) is 0 Å². The highest BCUT2D eigenvalue weighted by Gasteiger charge is 2.30. The molecule has 1 saturated heterocycles. The zero-order chi connectivity index (χ0) is 12.9. The van der Waals surface area contributed by atoms with Crippen molar-refractivity contribution in [2.75, 3.05) is 33.4 Å². The van der Waals surface area contributed by atoms with Crippen LogP contribution in [0, 0.1) is 0 Å². The number of rotatable bonds is 6. The fourth-order valence-electron chi connectivity index (χ4n) is 1.84. The maximum Gasteiger partial charge on any atom is 0.279 e. The summed E-state index contributed by atoms with van der Waals surface area (Å²) in [7, 11) is -1.78. The van der Waals surface area contributed by atoms with Gasteiger partial charge in [-0.25, -0.2) is 4.72 Å². The van der Waals surface area contributed by atoms with E-state index >= 15 is 0 Å². The maximum absolute atomic E-state index is 12.0. The molecule has 102 valence electrons. The molecule has 0 aromatic rings. The molecular formula is C10H22N2O4S. The van der Waals surface area contributed by atoms with Crippen LogP contribution in [0.25, 0.3) is 0 Å². The van der Waals surface area contributed by atoms with Crippen LogP contribution in [0.5, 0.6) is 0 Å². The van der Waals surface area contributed by atoms with E-state index in [1.807, 2.05) is 13.8 Å². The summed E-state index contributed by atoms with van der Waals surface area (Å²) < 4.78 is 38.3. The van der Waals surface area contributed by atoms with Crippen molar-refractivity contribution in [3.05, 3.63) is 0 Å². The molecule has 1 aliphatic rings. The second-order valence-electron chi connectivity index (χ2n) is 4.32. The highest BCUT2D eigenvalue weighted by atomic mass is 32.2. The van der Waals surface area contributed by atoms with Gasteiger partial charge < -0.3 is 9.47 Å². The van der Waals surface area contributed by atoms with Crippen LogP contribution < -0.4 is 4.72 Å². The number of methoxy groups -OCH3 is 1. The van der Waals surface area contributed by atoms with E-state index in [2.05, 4.69) is 4.72 Å². The van der Waals surface area contributed by atoms with Crippen molar-refractivity contribution < 1.29 is 17.9 Å². The van der Waals surface area contributed by atoms with Crippen LogP contribution in [-0.2, 0) is 19.7 Å². The Kier molecular flexibility index (Phi) is 5.81. The molecule has 0 aliphatic carbocycles. The summed E-state index contributed by atoms with van der Waals surface area (Å²) in [5.74, 6) is 0. The number of hydrogen-bond donors (Lipinski definition) is 1. The lowest BCUT2D eigenvalue weighted by molar-refractivity contribution is -0.0443. The molecule has 0 aromatic carbocycles. The van der Waals surface area contributed by atoms with E-state index in [1.54, 1.807) is 7.11 Å². The fraction of sp³-hybridized carbons (Fsp3) is 1.00. The van der Waals surface area contributed by atoms with Crippen molar-refractivity contribution in [2.24, 2.45) is 0 Å². The first-order valence-corrected chi connectivity index (χ1v) is 7.29. The quantitative estimate of drug-likeness (QED) is 0.685. The molecule has 0 radical (unpaired) electrons. The van der Waals surface area contributed by atoms with Crippen LogP contribution in [0.3, 0.4) is 0 Å². The van der Waals surface area contributed by atoms with Crippen molar-refractivity contribution in [1.29, 1.82) is 0 Å². The molecule has 6 nitrogen and oxygen atoms in total.